The molecule has 0 aliphatic carbocycles. The molecule has 1 aromatic carbocycles. The number of benzene rings is 1. The minimum atomic E-state index is -0.762. The van der Waals surface area contributed by atoms with Crippen LogP contribution in [0, 0.1) is 5.82 Å². The van der Waals surface area contributed by atoms with Crippen molar-refractivity contribution in [1.82, 2.24) is 15.2 Å². The van der Waals surface area contributed by atoms with E-state index in [2.05, 4.69) is 20.9 Å². The molecule has 2 aromatic heterocycles. The van der Waals surface area contributed by atoms with Crippen molar-refractivity contribution in [3.8, 4) is 11.5 Å². The molecule has 1 saturated heterocycles. The number of rotatable bonds is 6. The summed E-state index contributed by atoms with van der Waals surface area (Å²) >= 11 is 1.41. The number of imide groups is 1. The van der Waals surface area contributed by atoms with Crippen LogP contribution in [0.3, 0.4) is 0 Å². The SMILES string of the molecule is O=C(Cc1cccs1)NC(=O)Nc1ccc(Oc2ccnc(NC(=O)N3CCCC3)c2)c(F)c1. The first-order valence-corrected chi connectivity index (χ1v) is 11.5. The van der Waals surface area contributed by atoms with E-state index in [0.29, 0.717) is 13.1 Å². The number of nitrogens with zero attached hydrogens (tertiary/aromatic N) is 2. The van der Waals surface area contributed by atoms with Crippen LogP contribution in [-0.4, -0.2) is 40.9 Å². The van der Waals surface area contributed by atoms with Crippen molar-refractivity contribution in [1.29, 1.82) is 0 Å². The topological polar surface area (TPSA) is 113 Å². The lowest BCUT2D eigenvalue weighted by Gasteiger charge is -2.16. The highest BCUT2D eigenvalue weighted by Gasteiger charge is 2.18. The van der Waals surface area contributed by atoms with Crippen molar-refractivity contribution >= 4 is 40.8 Å². The maximum atomic E-state index is 14.6. The number of urea groups is 2. The molecule has 9 nitrogen and oxygen atoms in total. The van der Waals surface area contributed by atoms with Crippen LogP contribution in [0.4, 0.5) is 25.5 Å². The van der Waals surface area contributed by atoms with Gasteiger partial charge in [0.1, 0.15) is 11.6 Å². The Bertz CT molecular complexity index is 1180. The lowest BCUT2D eigenvalue weighted by Crippen LogP contribution is -2.35. The highest BCUT2D eigenvalue weighted by Crippen LogP contribution is 2.28. The van der Waals surface area contributed by atoms with Gasteiger partial charge in [-0.3, -0.25) is 15.4 Å². The minimum absolute atomic E-state index is 0.0808. The van der Waals surface area contributed by atoms with Crippen LogP contribution < -0.4 is 20.7 Å². The quantitative estimate of drug-likeness (QED) is 0.475. The maximum absolute atomic E-state index is 14.6. The fourth-order valence-corrected chi connectivity index (χ4v) is 4.05. The largest absolute Gasteiger partial charge is 0.454 e. The standard InChI is InChI=1S/C23H22FN5O4S/c24-18-12-15(26-22(31)28-21(30)14-17-4-3-11-34-17)5-6-19(18)33-16-7-8-25-20(13-16)27-23(32)29-9-1-2-10-29/h3-8,11-13H,1-2,9-10,14H2,(H,25,27,32)(H2,26,28,30,31). The zero-order chi connectivity index (χ0) is 23.9. The van der Waals surface area contributed by atoms with Gasteiger partial charge >= 0.3 is 12.1 Å². The predicted molar refractivity (Wildman–Crippen MR) is 126 cm³/mol. The van der Waals surface area contributed by atoms with Crippen molar-refractivity contribution in [3.63, 3.8) is 0 Å². The lowest BCUT2D eigenvalue weighted by atomic mass is 10.3. The van der Waals surface area contributed by atoms with Gasteiger partial charge in [-0.25, -0.2) is 19.0 Å². The zero-order valence-electron chi connectivity index (χ0n) is 18.0. The first-order valence-electron chi connectivity index (χ1n) is 10.6. The van der Waals surface area contributed by atoms with Gasteiger partial charge in [0.25, 0.3) is 0 Å². The van der Waals surface area contributed by atoms with Gasteiger partial charge in [-0.1, -0.05) is 6.07 Å². The number of thiophene rings is 1. The number of amides is 5. The Hall–Kier alpha value is -3.99. The number of halogens is 1. The highest BCUT2D eigenvalue weighted by atomic mass is 32.1. The molecule has 0 atom stereocenters. The summed E-state index contributed by atoms with van der Waals surface area (Å²) in [7, 11) is 0. The minimum Gasteiger partial charge on any atom is -0.454 e. The van der Waals surface area contributed by atoms with Crippen molar-refractivity contribution in [2.24, 2.45) is 0 Å². The molecule has 1 aliphatic rings. The zero-order valence-corrected chi connectivity index (χ0v) is 18.9. The molecule has 0 bridgehead atoms. The van der Waals surface area contributed by atoms with Crippen molar-refractivity contribution < 1.29 is 23.5 Å². The fourth-order valence-electron chi connectivity index (χ4n) is 3.34. The first-order chi connectivity index (χ1) is 16.5. The molecule has 0 unspecified atom stereocenters. The molecular weight excluding hydrogens is 461 g/mol. The number of hydrogen-bond donors (Lipinski definition) is 3. The Morgan fingerprint density at radius 2 is 1.91 bits per heavy atom. The smallest absolute Gasteiger partial charge is 0.325 e. The van der Waals surface area contributed by atoms with E-state index in [1.54, 1.807) is 11.0 Å². The van der Waals surface area contributed by atoms with Gasteiger partial charge in [-0.15, -0.1) is 11.3 Å². The van der Waals surface area contributed by atoms with Gasteiger partial charge in [0.2, 0.25) is 5.91 Å². The molecule has 0 spiro atoms. The Kier molecular flexibility index (Phi) is 7.33. The van der Waals surface area contributed by atoms with E-state index in [0.717, 1.165) is 23.8 Å². The van der Waals surface area contributed by atoms with Crippen LogP contribution in [0.15, 0.2) is 54.0 Å². The van der Waals surface area contributed by atoms with Crippen LogP contribution >= 0.6 is 11.3 Å². The van der Waals surface area contributed by atoms with E-state index in [1.165, 1.54) is 41.8 Å². The molecule has 1 aliphatic heterocycles. The number of ether oxygens (including phenoxy) is 1. The van der Waals surface area contributed by atoms with Crippen molar-refractivity contribution in [2.45, 2.75) is 19.3 Å². The van der Waals surface area contributed by atoms with E-state index in [1.807, 2.05) is 11.4 Å². The summed E-state index contributed by atoms with van der Waals surface area (Å²) in [6.45, 7) is 1.41. The Morgan fingerprint density at radius 1 is 1.09 bits per heavy atom. The molecule has 0 saturated carbocycles. The van der Waals surface area contributed by atoms with Crippen LogP contribution in [0.1, 0.15) is 17.7 Å². The van der Waals surface area contributed by atoms with Gasteiger partial charge in [0.05, 0.1) is 6.42 Å². The Labute approximate surface area is 198 Å². The molecule has 11 heteroatoms. The van der Waals surface area contributed by atoms with E-state index >= 15 is 0 Å². The van der Waals surface area contributed by atoms with E-state index in [9.17, 15) is 18.8 Å². The number of likely N-dealkylation sites (tertiary alicyclic amines) is 1. The maximum Gasteiger partial charge on any atom is 0.325 e. The van der Waals surface area contributed by atoms with Crippen LogP contribution in [0.2, 0.25) is 0 Å². The summed E-state index contributed by atoms with van der Waals surface area (Å²) < 4.78 is 20.1. The van der Waals surface area contributed by atoms with Crippen LogP contribution in [-0.2, 0) is 11.2 Å². The van der Waals surface area contributed by atoms with Gasteiger partial charge in [0, 0.05) is 42.0 Å². The molecule has 34 heavy (non-hydrogen) atoms. The fraction of sp³-hybridized carbons (Fsp3) is 0.217. The number of anilines is 2. The van der Waals surface area contributed by atoms with Gasteiger partial charge in [0.15, 0.2) is 11.6 Å². The number of nitrogens with one attached hydrogen (secondary N) is 3. The number of hydrogen-bond acceptors (Lipinski definition) is 6. The third-order valence-electron chi connectivity index (χ3n) is 4.95. The normalized spacial score (nSPS) is 12.8. The summed E-state index contributed by atoms with van der Waals surface area (Å²) in [5, 5.41) is 9.16. The predicted octanol–water partition coefficient (Wildman–Crippen LogP) is 4.59. The van der Waals surface area contributed by atoms with E-state index in [4.69, 9.17) is 4.74 Å². The average molecular weight is 484 g/mol. The number of aromatic nitrogens is 1. The monoisotopic (exact) mass is 483 g/mol. The summed E-state index contributed by atoms with van der Waals surface area (Å²) in [5.41, 5.74) is 0.152. The molecule has 4 rings (SSSR count). The summed E-state index contributed by atoms with van der Waals surface area (Å²) in [6, 6.07) is 9.51. The van der Waals surface area contributed by atoms with E-state index < -0.39 is 17.8 Å². The average Bonchev–Trinajstić information content (AvgIpc) is 3.50. The van der Waals surface area contributed by atoms with Crippen LogP contribution in [0.25, 0.3) is 0 Å². The molecule has 3 heterocycles. The van der Waals surface area contributed by atoms with Gasteiger partial charge < -0.3 is 15.0 Å². The number of carbonyl (C=O) groups is 3. The third-order valence-corrected chi connectivity index (χ3v) is 5.82. The molecule has 5 amide bonds. The molecule has 3 N–H and O–H groups in total. The van der Waals surface area contributed by atoms with E-state index in [-0.39, 0.29) is 35.5 Å². The second-order valence-electron chi connectivity index (χ2n) is 7.51. The van der Waals surface area contributed by atoms with Gasteiger partial charge in [-0.2, -0.15) is 0 Å². The number of pyridine rings is 1. The first kappa shape index (κ1) is 23.2. The second-order valence-corrected chi connectivity index (χ2v) is 8.54. The number of carbonyl (C=O) groups excluding carboxylic acids is 3. The third kappa shape index (κ3) is 6.29. The molecule has 1 fully saturated rings. The second kappa shape index (κ2) is 10.8. The highest BCUT2D eigenvalue weighted by molar-refractivity contribution is 7.10. The van der Waals surface area contributed by atoms with Crippen molar-refractivity contribution in [2.75, 3.05) is 23.7 Å². The molecule has 3 aromatic rings. The van der Waals surface area contributed by atoms with Crippen molar-refractivity contribution in [3.05, 3.63) is 64.7 Å². The summed E-state index contributed by atoms with van der Waals surface area (Å²) in [5.74, 6) is -0.698. The summed E-state index contributed by atoms with van der Waals surface area (Å²) in [4.78, 5) is 42.8. The van der Waals surface area contributed by atoms with Gasteiger partial charge in [-0.05, 0) is 42.5 Å². The Balaban J connectivity index is 1.32. The Morgan fingerprint density at radius 3 is 2.65 bits per heavy atom. The lowest BCUT2D eigenvalue weighted by molar-refractivity contribution is -0.119. The van der Waals surface area contributed by atoms with Crippen LogP contribution in [0.5, 0.6) is 11.5 Å². The summed E-state index contributed by atoms with van der Waals surface area (Å²) in [6.07, 6.45) is 3.47. The molecular formula is C23H22FN5O4S. The molecule has 176 valence electrons. The molecule has 0 radical (unpaired) electrons.